The molecule has 0 bridgehead atoms. The van der Waals surface area contributed by atoms with Gasteiger partial charge in [-0.05, 0) is 18.2 Å². The number of ketones is 1. The van der Waals surface area contributed by atoms with Gasteiger partial charge in [0.25, 0.3) is 5.69 Å². The Bertz CT molecular complexity index is 1090. The summed E-state index contributed by atoms with van der Waals surface area (Å²) >= 11 is 2.45. The van der Waals surface area contributed by atoms with Crippen LogP contribution in [0, 0.1) is 15.5 Å². The number of hydrogen-bond donors (Lipinski definition) is 1. The van der Waals surface area contributed by atoms with E-state index in [0.29, 0.717) is 27.0 Å². The first-order valence-electron chi connectivity index (χ1n) is 7.79. The van der Waals surface area contributed by atoms with Crippen LogP contribution in [0.1, 0.15) is 16.7 Å². The summed E-state index contributed by atoms with van der Waals surface area (Å²) in [6.45, 7) is 0. The Morgan fingerprint density at radius 1 is 1.30 bits per heavy atom. The Balaban J connectivity index is 1.61. The minimum atomic E-state index is -0.646. The van der Waals surface area contributed by atoms with Gasteiger partial charge in [0, 0.05) is 29.3 Å². The van der Waals surface area contributed by atoms with Gasteiger partial charge in [-0.3, -0.25) is 20.3 Å². The first kappa shape index (κ1) is 17.4. The average molecular weight is 397 g/mol. The molecule has 27 heavy (non-hydrogen) atoms. The molecule has 9 heteroatoms. The van der Waals surface area contributed by atoms with Gasteiger partial charge >= 0.3 is 0 Å². The summed E-state index contributed by atoms with van der Waals surface area (Å²) in [5.41, 5.74) is 0.553. The highest BCUT2D eigenvalue weighted by atomic mass is 32.2. The number of thioether (sulfide) groups is 1. The van der Waals surface area contributed by atoms with Gasteiger partial charge in [0.1, 0.15) is 22.4 Å². The molecule has 134 valence electrons. The summed E-state index contributed by atoms with van der Waals surface area (Å²) in [6.07, 6.45) is 3.21. The van der Waals surface area contributed by atoms with E-state index in [-0.39, 0.29) is 16.5 Å². The molecule has 0 spiro atoms. The molecule has 4 rings (SSSR count). The Morgan fingerprint density at radius 3 is 2.89 bits per heavy atom. The van der Waals surface area contributed by atoms with E-state index < -0.39 is 10.8 Å². The summed E-state index contributed by atoms with van der Waals surface area (Å²) in [6, 6.07) is 9.53. The number of allylic oxidation sites excluding steroid dienone is 1. The average Bonchev–Trinajstić information content (AvgIpc) is 3.38. The molecule has 1 aliphatic heterocycles. The fourth-order valence-corrected chi connectivity index (χ4v) is 4.46. The molecule has 1 saturated heterocycles. The van der Waals surface area contributed by atoms with Gasteiger partial charge in [-0.25, -0.2) is 4.98 Å². The standard InChI is InChI=1S/C18H11N3O4S2/c19-17-15(18-20-6-7-26-18)16(22)14(27-17)9-12-4-5-13(25-12)10-2-1-3-11(8-10)21(23)24/h1-9,15,19H. The van der Waals surface area contributed by atoms with Crippen molar-refractivity contribution >= 4 is 45.7 Å². The smallest absolute Gasteiger partial charge is 0.270 e. The Morgan fingerprint density at radius 2 is 2.15 bits per heavy atom. The zero-order valence-corrected chi connectivity index (χ0v) is 15.3. The Labute approximate surface area is 161 Å². The third-order valence-corrected chi connectivity index (χ3v) is 5.76. The van der Waals surface area contributed by atoms with Crippen LogP contribution in [0.15, 0.2) is 57.3 Å². The third kappa shape index (κ3) is 3.34. The second-order valence-corrected chi connectivity index (χ2v) is 7.66. The minimum Gasteiger partial charge on any atom is -0.457 e. The van der Waals surface area contributed by atoms with Crippen LogP contribution in [0.5, 0.6) is 0 Å². The van der Waals surface area contributed by atoms with Gasteiger partial charge in [0.15, 0.2) is 5.78 Å². The molecule has 3 aromatic rings. The summed E-state index contributed by atoms with van der Waals surface area (Å²) < 4.78 is 5.73. The summed E-state index contributed by atoms with van der Waals surface area (Å²) in [5, 5.41) is 21.6. The molecule has 1 unspecified atom stereocenters. The van der Waals surface area contributed by atoms with Crippen LogP contribution in [0.4, 0.5) is 5.69 Å². The lowest BCUT2D eigenvalue weighted by atomic mass is 10.1. The summed E-state index contributed by atoms with van der Waals surface area (Å²) in [5.74, 6) is 0.0909. The van der Waals surface area contributed by atoms with E-state index in [9.17, 15) is 14.9 Å². The van der Waals surface area contributed by atoms with Crippen LogP contribution in [0.3, 0.4) is 0 Å². The monoisotopic (exact) mass is 397 g/mol. The van der Waals surface area contributed by atoms with Crippen LogP contribution in [-0.2, 0) is 4.79 Å². The number of Topliss-reactive ketones (excluding diaryl/α,β-unsaturated/α-hetero) is 1. The third-order valence-electron chi connectivity index (χ3n) is 3.93. The number of nitro groups is 1. The number of nitrogens with zero attached hydrogens (tertiary/aromatic N) is 2. The highest BCUT2D eigenvalue weighted by molar-refractivity contribution is 8.19. The highest BCUT2D eigenvalue weighted by Crippen LogP contribution is 2.41. The highest BCUT2D eigenvalue weighted by Gasteiger charge is 2.38. The van der Waals surface area contributed by atoms with Crippen molar-refractivity contribution in [3.63, 3.8) is 0 Å². The molecular formula is C18H11N3O4S2. The molecule has 1 aliphatic rings. The van der Waals surface area contributed by atoms with Crippen molar-refractivity contribution in [2.75, 3.05) is 0 Å². The zero-order chi connectivity index (χ0) is 19.0. The largest absolute Gasteiger partial charge is 0.457 e. The predicted octanol–water partition coefficient (Wildman–Crippen LogP) is 4.73. The number of aromatic nitrogens is 1. The van der Waals surface area contributed by atoms with E-state index in [4.69, 9.17) is 9.83 Å². The summed E-state index contributed by atoms with van der Waals surface area (Å²) in [7, 11) is 0. The number of non-ortho nitro benzene ring substituents is 1. The molecule has 0 amide bonds. The second kappa shape index (κ2) is 6.93. The van der Waals surface area contributed by atoms with Crippen LogP contribution < -0.4 is 0 Å². The first-order chi connectivity index (χ1) is 13.0. The lowest BCUT2D eigenvalue weighted by Gasteiger charge is -2.01. The lowest BCUT2D eigenvalue weighted by molar-refractivity contribution is -0.384. The molecule has 1 aromatic carbocycles. The molecule has 0 saturated carbocycles. The molecule has 3 heterocycles. The Kier molecular flexibility index (Phi) is 4.46. The molecule has 0 aliphatic carbocycles. The van der Waals surface area contributed by atoms with E-state index in [1.54, 1.807) is 41.9 Å². The maximum atomic E-state index is 12.6. The van der Waals surface area contributed by atoms with Crippen LogP contribution in [-0.4, -0.2) is 20.7 Å². The van der Waals surface area contributed by atoms with Crippen molar-refractivity contribution in [1.29, 1.82) is 5.41 Å². The molecule has 7 nitrogen and oxygen atoms in total. The fourth-order valence-electron chi connectivity index (χ4n) is 2.68. The van der Waals surface area contributed by atoms with Gasteiger partial charge in [-0.2, -0.15) is 0 Å². The summed E-state index contributed by atoms with van der Waals surface area (Å²) in [4.78, 5) is 27.6. The van der Waals surface area contributed by atoms with Crippen LogP contribution in [0.25, 0.3) is 17.4 Å². The number of carbonyl (C=O) groups excluding carboxylic acids is 1. The topological polar surface area (TPSA) is 110 Å². The van der Waals surface area contributed by atoms with Crippen molar-refractivity contribution in [2.45, 2.75) is 5.92 Å². The maximum Gasteiger partial charge on any atom is 0.270 e. The molecule has 0 radical (unpaired) electrons. The van der Waals surface area contributed by atoms with Crippen molar-refractivity contribution < 1.29 is 14.1 Å². The number of rotatable bonds is 4. The van der Waals surface area contributed by atoms with Gasteiger partial charge in [0.05, 0.1) is 14.9 Å². The molecule has 1 N–H and O–H groups in total. The number of nitro benzene ring substituents is 1. The van der Waals surface area contributed by atoms with Gasteiger partial charge in [-0.1, -0.05) is 23.9 Å². The van der Waals surface area contributed by atoms with Gasteiger partial charge < -0.3 is 4.42 Å². The number of hydrogen-bond acceptors (Lipinski definition) is 8. The van der Waals surface area contributed by atoms with E-state index in [1.807, 2.05) is 0 Å². The fraction of sp³-hybridized carbons (Fsp3) is 0.0556. The zero-order valence-electron chi connectivity index (χ0n) is 13.6. The van der Waals surface area contributed by atoms with Gasteiger partial charge in [0.2, 0.25) is 0 Å². The maximum absolute atomic E-state index is 12.6. The van der Waals surface area contributed by atoms with Crippen molar-refractivity contribution in [1.82, 2.24) is 4.98 Å². The molecule has 2 aromatic heterocycles. The van der Waals surface area contributed by atoms with Crippen LogP contribution in [0.2, 0.25) is 0 Å². The number of benzene rings is 1. The van der Waals surface area contributed by atoms with E-state index in [2.05, 4.69) is 4.98 Å². The molecule has 1 fully saturated rings. The molecule has 1 atom stereocenters. The number of thiazole rings is 1. The lowest BCUT2D eigenvalue weighted by Crippen LogP contribution is -2.11. The molecular weight excluding hydrogens is 386 g/mol. The van der Waals surface area contributed by atoms with E-state index in [1.165, 1.54) is 23.5 Å². The Hall–Kier alpha value is -3.04. The minimum absolute atomic E-state index is 0.0231. The van der Waals surface area contributed by atoms with Gasteiger partial charge in [-0.15, -0.1) is 11.3 Å². The first-order valence-corrected chi connectivity index (χ1v) is 9.49. The second-order valence-electron chi connectivity index (χ2n) is 5.65. The van der Waals surface area contributed by atoms with E-state index in [0.717, 1.165) is 11.8 Å². The quantitative estimate of drug-likeness (QED) is 0.387. The number of furan rings is 1. The van der Waals surface area contributed by atoms with Crippen molar-refractivity contribution in [2.24, 2.45) is 0 Å². The predicted molar refractivity (Wildman–Crippen MR) is 104 cm³/mol. The normalized spacial score (nSPS) is 18.4. The number of nitrogens with one attached hydrogen (secondary N) is 1. The van der Waals surface area contributed by atoms with E-state index >= 15 is 0 Å². The van der Waals surface area contributed by atoms with Crippen molar-refractivity contribution in [3.8, 4) is 11.3 Å². The van der Waals surface area contributed by atoms with Crippen molar-refractivity contribution in [3.05, 3.63) is 73.8 Å². The SMILES string of the molecule is N=C1SC(=Cc2ccc(-c3cccc([N+](=O)[O-])c3)o2)C(=O)C1c1nccs1. The number of carbonyl (C=O) groups is 1. The van der Waals surface area contributed by atoms with Crippen LogP contribution >= 0.6 is 23.1 Å².